The minimum absolute atomic E-state index is 0.132. The molecular weight excluding hydrogens is 276 g/mol. The lowest BCUT2D eigenvalue weighted by Crippen LogP contribution is -2.38. The molecule has 0 radical (unpaired) electrons. The Morgan fingerprint density at radius 1 is 1.55 bits per heavy atom. The second-order valence-corrected chi connectivity index (χ2v) is 5.86. The van der Waals surface area contributed by atoms with E-state index < -0.39 is 0 Å². The molecule has 1 aliphatic rings. The molecule has 0 aliphatic carbocycles. The number of urea groups is 1. The molecule has 6 heteroatoms. The average Bonchev–Trinajstić information content (AvgIpc) is 2.90. The van der Waals surface area contributed by atoms with E-state index in [0.29, 0.717) is 18.8 Å². The van der Waals surface area contributed by atoms with Crippen LogP contribution in [-0.2, 0) is 10.5 Å². The first-order valence-electron chi connectivity index (χ1n) is 6.45. The highest BCUT2D eigenvalue weighted by Crippen LogP contribution is 2.22. The van der Waals surface area contributed by atoms with Crippen molar-refractivity contribution in [2.45, 2.75) is 17.9 Å². The summed E-state index contributed by atoms with van der Waals surface area (Å²) in [6.45, 7) is 2.83. The fraction of sp³-hybridized carbons (Fsp3) is 0.429. The monoisotopic (exact) mass is 294 g/mol. The van der Waals surface area contributed by atoms with Gasteiger partial charge in [0.05, 0.1) is 12.4 Å². The van der Waals surface area contributed by atoms with E-state index in [4.69, 9.17) is 4.74 Å². The molecule has 1 aromatic rings. The molecule has 0 saturated carbocycles. The fourth-order valence-corrected chi connectivity index (χ4v) is 2.85. The molecule has 1 saturated heterocycles. The van der Waals surface area contributed by atoms with Crippen LogP contribution in [-0.4, -0.2) is 42.3 Å². The Labute approximate surface area is 122 Å². The van der Waals surface area contributed by atoms with Crippen molar-refractivity contribution < 1.29 is 14.3 Å². The first-order valence-corrected chi connectivity index (χ1v) is 7.50. The lowest BCUT2D eigenvalue weighted by Gasteiger charge is -2.17. The zero-order valence-corrected chi connectivity index (χ0v) is 12.4. The van der Waals surface area contributed by atoms with E-state index in [1.165, 1.54) is 16.7 Å². The predicted molar refractivity (Wildman–Crippen MR) is 78.9 cm³/mol. The molecule has 0 unspecified atom stereocenters. The summed E-state index contributed by atoms with van der Waals surface area (Å²) >= 11 is 1.52. The maximum absolute atomic E-state index is 12.1. The van der Waals surface area contributed by atoms with E-state index in [9.17, 15) is 9.59 Å². The summed E-state index contributed by atoms with van der Waals surface area (Å²) in [6, 6.07) is 7.47. The number of thioether (sulfide) groups is 1. The lowest BCUT2D eigenvalue weighted by molar-refractivity contribution is -0.126. The normalized spacial score (nSPS) is 15.9. The molecule has 1 aromatic carbocycles. The standard InChI is InChI=1S/C14H18N2O3S/c1-10(13(17)16-7-6-15-14(16)18)20-9-11-4-3-5-12(8-11)19-2/h3-5,8,10H,6-7,9H2,1-2H3,(H,15,18)/t10-/m0/s1. The Kier molecular flexibility index (Phi) is 4.89. The number of rotatable bonds is 5. The van der Waals surface area contributed by atoms with Gasteiger partial charge in [-0.05, 0) is 24.6 Å². The summed E-state index contributed by atoms with van der Waals surface area (Å²) < 4.78 is 5.17. The van der Waals surface area contributed by atoms with Gasteiger partial charge in [0.15, 0.2) is 0 Å². The predicted octanol–water partition coefficient (Wildman–Crippen LogP) is 1.87. The third-order valence-corrected chi connectivity index (χ3v) is 4.31. The highest BCUT2D eigenvalue weighted by Gasteiger charge is 2.29. The zero-order valence-electron chi connectivity index (χ0n) is 11.6. The number of ether oxygens (including phenoxy) is 1. The number of carbonyl (C=O) groups excluding carboxylic acids is 2. The molecule has 1 atom stereocenters. The van der Waals surface area contributed by atoms with Crippen LogP contribution in [0.5, 0.6) is 5.75 Å². The topological polar surface area (TPSA) is 58.6 Å². The Morgan fingerprint density at radius 2 is 2.35 bits per heavy atom. The van der Waals surface area contributed by atoms with Crippen LogP contribution in [0.4, 0.5) is 4.79 Å². The van der Waals surface area contributed by atoms with Crippen LogP contribution in [0.25, 0.3) is 0 Å². The largest absolute Gasteiger partial charge is 0.497 e. The van der Waals surface area contributed by atoms with Gasteiger partial charge in [-0.25, -0.2) is 4.79 Å². The van der Waals surface area contributed by atoms with Gasteiger partial charge in [0.1, 0.15) is 5.75 Å². The average molecular weight is 294 g/mol. The van der Waals surface area contributed by atoms with Gasteiger partial charge in [-0.3, -0.25) is 9.69 Å². The number of nitrogens with zero attached hydrogens (tertiary/aromatic N) is 1. The number of carbonyl (C=O) groups is 2. The minimum atomic E-state index is -0.288. The minimum Gasteiger partial charge on any atom is -0.497 e. The van der Waals surface area contributed by atoms with Gasteiger partial charge in [-0.2, -0.15) is 0 Å². The van der Waals surface area contributed by atoms with Crippen molar-refractivity contribution in [1.82, 2.24) is 10.2 Å². The van der Waals surface area contributed by atoms with Crippen LogP contribution in [0.15, 0.2) is 24.3 Å². The number of benzene rings is 1. The second-order valence-electron chi connectivity index (χ2n) is 4.53. The van der Waals surface area contributed by atoms with E-state index in [-0.39, 0.29) is 17.2 Å². The number of methoxy groups -OCH3 is 1. The maximum atomic E-state index is 12.1. The molecule has 1 N–H and O–H groups in total. The van der Waals surface area contributed by atoms with E-state index in [1.54, 1.807) is 7.11 Å². The van der Waals surface area contributed by atoms with E-state index >= 15 is 0 Å². The molecule has 2 rings (SSSR count). The summed E-state index contributed by atoms with van der Waals surface area (Å²) in [6.07, 6.45) is 0. The number of imide groups is 1. The number of amides is 3. The van der Waals surface area contributed by atoms with Crippen LogP contribution in [0.1, 0.15) is 12.5 Å². The number of hydrogen-bond acceptors (Lipinski definition) is 4. The van der Waals surface area contributed by atoms with Gasteiger partial charge in [0, 0.05) is 18.8 Å². The summed E-state index contributed by atoms with van der Waals surface area (Å²) in [5.41, 5.74) is 1.10. The van der Waals surface area contributed by atoms with Gasteiger partial charge >= 0.3 is 6.03 Å². The Balaban J connectivity index is 1.89. The summed E-state index contributed by atoms with van der Waals surface area (Å²) in [5.74, 6) is 1.38. The molecule has 108 valence electrons. The fourth-order valence-electron chi connectivity index (χ4n) is 1.96. The molecule has 20 heavy (non-hydrogen) atoms. The third-order valence-electron chi connectivity index (χ3n) is 3.10. The van der Waals surface area contributed by atoms with Crippen LogP contribution in [0, 0.1) is 0 Å². The molecule has 0 bridgehead atoms. The quantitative estimate of drug-likeness (QED) is 0.900. The van der Waals surface area contributed by atoms with Crippen molar-refractivity contribution in [3.05, 3.63) is 29.8 Å². The van der Waals surface area contributed by atoms with Gasteiger partial charge in [0.25, 0.3) is 0 Å². The smallest absolute Gasteiger partial charge is 0.324 e. The zero-order chi connectivity index (χ0) is 14.5. The van der Waals surface area contributed by atoms with Crippen LogP contribution in [0.3, 0.4) is 0 Å². The van der Waals surface area contributed by atoms with Crippen molar-refractivity contribution >= 4 is 23.7 Å². The molecule has 3 amide bonds. The summed E-state index contributed by atoms with van der Waals surface area (Å²) in [5, 5.41) is 2.39. The first-order chi connectivity index (χ1) is 9.61. The molecule has 0 spiro atoms. The third kappa shape index (κ3) is 3.45. The van der Waals surface area contributed by atoms with Gasteiger partial charge in [-0.1, -0.05) is 12.1 Å². The van der Waals surface area contributed by atoms with Crippen molar-refractivity contribution in [2.24, 2.45) is 0 Å². The molecule has 0 aromatic heterocycles. The van der Waals surface area contributed by atoms with Gasteiger partial charge in [-0.15, -0.1) is 11.8 Å². The second kappa shape index (κ2) is 6.65. The first kappa shape index (κ1) is 14.7. The highest BCUT2D eigenvalue weighted by atomic mass is 32.2. The van der Waals surface area contributed by atoms with E-state index in [0.717, 1.165) is 11.3 Å². The SMILES string of the molecule is COc1cccc(CS[C@@H](C)C(=O)N2CCNC2=O)c1. The summed E-state index contributed by atoms with van der Waals surface area (Å²) in [4.78, 5) is 24.8. The Morgan fingerprint density at radius 3 is 3.00 bits per heavy atom. The van der Waals surface area contributed by atoms with Crippen molar-refractivity contribution in [1.29, 1.82) is 0 Å². The van der Waals surface area contributed by atoms with Crippen molar-refractivity contribution in [2.75, 3.05) is 20.2 Å². The highest BCUT2D eigenvalue weighted by molar-refractivity contribution is 7.99. The van der Waals surface area contributed by atoms with Gasteiger partial charge < -0.3 is 10.1 Å². The number of hydrogen-bond donors (Lipinski definition) is 1. The van der Waals surface area contributed by atoms with E-state index in [2.05, 4.69) is 5.32 Å². The van der Waals surface area contributed by atoms with E-state index in [1.807, 2.05) is 31.2 Å². The van der Waals surface area contributed by atoms with Crippen LogP contribution >= 0.6 is 11.8 Å². The van der Waals surface area contributed by atoms with Gasteiger partial charge in [0.2, 0.25) is 5.91 Å². The van der Waals surface area contributed by atoms with Crippen LogP contribution in [0.2, 0.25) is 0 Å². The summed E-state index contributed by atoms with van der Waals surface area (Å²) in [7, 11) is 1.63. The van der Waals surface area contributed by atoms with Crippen LogP contribution < -0.4 is 10.1 Å². The Bertz CT molecular complexity index is 507. The number of nitrogens with one attached hydrogen (secondary N) is 1. The molecule has 1 fully saturated rings. The molecule has 5 nitrogen and oxygen atoms in total. The van der Waals surface area contributed by atoms with Crippen molar-refractivity contribution in [3.63, 3.8) is 0 Å². The lowest BCUT2D eigenvalue weighted by atomic mass is 10.2. The Hall–Kier alpha value is -1.69. The molecule has 1 aliphatic heterocycles. The molecule has 1 heterocycles. The maximum Gasteiger partial charge on any atom is 0.324 e. The molecular formula is C14H18N2O3S. The van der Waals surface area contributed by atoms with Crippen molar-refractivity contribution in [3.8, 4) is 5.75 Å².